The van der Waals surface area contributed by atoms with Crippen LogP contribution in [0, 0.1) is 0 Å². The van der Waals surface area contributed by atoms with Crippen LogP contribution in [-0.2, 0) is 0 Å². The van der Waals surface area contributed by atoms with Crippen LogP contribution < -0.4 is 0 Å². The van der Waals surface area contributed by atoms with Gasteiger partial charge < -0.3 is 4.57 Å². The molecule has 10 aromatic carbocycles. The highest BCUT2D eigenvalue weighted by Gasteiger charge is 2.26. The smallest absolute Gasteiger partial charge is 0.166 e. The van der Waals surface area contributed by atoms with Crippen LogP contribution in [-0.4, -0.2) is 19.5 Å². The van der Waals surface area contributed by atoms with Gasteiger partial charge in [-0.05, 0) is 70.1 Å². The monoisotopic (exact) mass is 892 g/mol. The van der Waals surface area contributed by atoms with Crippen LogP contribution in [0.3, 0.4) is 0 Å². The first-order chi connectivity index (χ1) is 32.7. The third-order valence-corrected chi connectivity index (χ3v) is 17.0. The van der Waals surface area contributed by atoms with E-state index in [0.29, 0.717) is 17.5 Å². The highest BCUT2D eigenvalue weighted by Crippen LogP contribution is 2.48. The van der Waals surface area contributed by atoms with E-state index in [1.165, 1.54) is 92.8 Å². The summed E-state index contributed by atoms with van der Waals surface area (Å²) in [5, 5.41) is 14.5. The van der Waals surface area contributed by atoms with Crippen LogP contribution in [0.2, 0.25) is 0 Å². The van der Waals surface area contributed by atoms with E-state index in [9.17, 15) is 0 Å². The second-order valence-corrected chi connectivity index (χ2v) is 20.2. The Labute approximate surface area is 388 Å². The molecule has 0 bridgehead atoms. The Bertz CT molecular complexity index is 4420. The van der Waals surface area contributed by atoms with Gasteiger partial charge in [-0.2, -0.15) is 0 Å². The quantitative estimate of drug-likeness (QED) is 0.177. The first kappa shape index (κ1) is 36.5. The number of nitrogens with zero attached hydrogens (tertiary/aromatic N) is 4. The SMILES string of the molecule is c1ccc2cc3c(cc2c1)c1ccccc1n3-c1c(-c2nc(-c3cccc4sc5ccccc5c34)nc(-c3cccc4sc5ccccc5c34)n2)ccc2c1sc1c3ccccc3ccc21. The Kier molecular flexibility index (Phi) is 7.66. The minimum atomic E-state index is 0.633. The molecule has 7 heteroatoms. The summed E-state index contributed by atoms with van der Waals surface area (Å²) in [6.45, 7) is 0. The first-order valence-electron chi connectivity index (χ1n) is 22.1. The van der Waals surface area contributed by atoms with Crippen molar-refractivity contribution in [3.8, 4) is 39.9 Å². The minimum Gasteiger partial charge on any atom is -0.307 e. The lowest BCUT2D eigenvalue weighted by Crippen LogP contribution is -2.04. The molecule has 306 valence electrons. The van der Waals surface area contributed by atoms with E-state index in [1.807, 2.05) is 34.0 Å². The van der Waals surface area contributed by atoms with Gasteiger partial charge in [-0.15, -0.1) is 34.0 Å². The second kappa shape index (κ2) is 13.8. The normalized spacial score (nSPS) is 12.2. The number of para-hydroxylation sites is 1. The average molecular weight is 893 g/mol. The molecule has 4 nitrogen and oxygen atoms in total. The van der Waals surface area contributed by atoms with Crippen molar-refractivity contribution in [2.75, 3.05) is 0 Å². The zero-order valence-electron chi connectivity index (χ0n) is 35.0. The maximum Gasteiger partial charge on any atom is 0.166 e. The molecule has 0 unspecified atom stereocenters. The third kappa shape index (κ3) is 5.21. The number of thiophene rings is 3. The molecule has 0 aliphatic carbocycles. The number of fused-ring (bicyclic) bond motifs is 15. The molecule has 66 heavy (non-hydrogen) atoms. The average Bonchev–Trinajstić information content (AvgIpc) is 4.14. The zero-order valence-corrected chi connectivity index (χ0v) is 37.4. The van der Waals surface area contributed by atoms with Gasteiger partial charge in [-0.3, -0.25) is 0 Å². The van der Waals surface area contributed by atoms with E-state index < -0.39 is 0 Å². The Balaban J connectivity index is 1.11. The van der Waals surface area contributed by atoms with Crippen LogP contribution in [0.25, 0.3) is 144 Å². The summed E-state index contributed by atoms with van der Waals surface area (Å²) in [6.07, 6.45) is 0. The van der Waals surface area contributed by atoms with Gasteiger partial charge in [0.2, 0.25) is 0 Å². The van der Waals surface area contributed by atoms with Gasteiger partial charge in [0.15, 0.2) is 17.5 Å². The fraction of sp³-hybridized carbons (Fsp3) is 0. The lowest BCUT2D eigenvalue weighted by Gasteiger charge is -2.16. The third-order valence-electron chi connectivity index (χ3n) is 13.4. The van der Waals surface area contributed by atoms with Gasteiger partial charge in [0, 0.05) is 83.3 Å². The molecular weight excluding hydrogens is 861 g/mol. The Morgan fingerprint density at radius 3 is 1.50 bits per heavy atom. The summed E-state index contributed by atoms with van der Waals surface area (Å²) in [4.78, 5) is 16.8. The summed E-state index contributed by atoms with van der Waals surface area (Å²) in [5.74, 6) is 1.94. The van der Waals surface area contributed by atoms with Crippen LogP contribution in [0.1, 0.15) is 0 Å². The fourth-order valence-electron chi connectivity index (χ4n) is 10.5. The van der Waals surface area contributed by atoms with Gasteiger partial charge in [0.1, 0.15) is 0 Å². The van der Waals surface area contributed by atoms with Crippen molar-refractivity contribution in [2.24, 2.45) is 0 Å². The van der Waals surface area contributed by atoms with Crippen LogP contribution in [0.4, 0.5) is 0 Å². The van der Waals surface area contributed by atoms with E-state index >= 15 is 0 Å². The largest absolute Gasteiger partial charge is 0.307 e. The first-order valence-corrected chi connectivity index (χ1v) is 24.5. The van der Waals surface area contributed by atoms with Gasteiger partial charge >= 0.3 is 0 Å². The molecule has 0 spiro atoms. The summed E-state index contributed by atoms with van der Waals surface area (Å²) >= 11 is 5.49. The molecule has 0 radical (unpaired) electrons. The highest BCUT2D eigenvalue weighted by molar-refractivity contribution is 7.27. The van der Waals surface area contributed by atoms with Crippen molar-refractivity contribution >= 4 is 138 Å². The van der Waals surface area contributed by atoms with Crippen LogP contribution in [0.5, 0.6) is 0 Å². The predicted octanol–water partition coefficient (Wildman–Crippen LogP) is 17.4. The summed E-state index contributed by atoms with van der Waals surface area (Å²) < 4.78 is 9.86. The van der Waals surface area contributed by atoms with Gasteiger partial charge in [0.05, 0.1) is 21.4 Å². The Morgan fingerprint density at radius 2 is 0.818 bits per heavy atom. The molecule has 5 aromatic heterocycles. The van der Waals surface area contributed by atoms with Crippen molar-refractivity contribution in [2.45, 2.75) is 0 Å². The molecule has 0 fully saturated rings. The highest BCUT2D eigenvalue weighted by atomic mass is 32.1. The van der Waals surface area contributed by atoms with Crippen LogP contribution >= 0.6 is 34.0 Å². The summed E-state index contributed by atoms with van der Waals surface area (Å²) in [5.41, 5.74) is 6.29. The Morgan fingerprint density at radius 1 is 0.303 bits per heavy atom. The molecule has 0 aliphatic heterocycles. The number of benzene rings is 10. The van der Waals surface area contributed by atoms with E-state index in [4.69, 9.17) is 15.0 Å². The second-order valence-electron chi connectivity index (χ2n) is 17.0. The number of hydrogen-bond donors (Lipinski definition) is 0. The fourth-order valence-corrected chi connectivity index (χ4v) is 14.1. The van der Waals surface area contributed by atoms with E-state index in [1.54, 1.807) is 0 Å². The van der Waals surface area contributed by atoms with E-state index in [2.05, 4.69) is 199 Å². The molecule has 0 amide bonds. The molecule has 0 saturated heterocycles. The van der Waals surface area contributed by atoms with Crippen molar-refractivity contribution < 1.29 is 0 Å². The summed E-state index contributed by atoms with van der Waals surface area (Å²) in [6, 6.07) is 70.6. The molecular formula is C59H32N4S3. The Hall–Kier alpha value is -7.81. The molecule has 15 rings (SSSR count). The number of hydrogen-bond acceptors (Lipinski definition) is 6. The molecule has 0 saturated carbocycles. The molecule has 15 aromatic rings. The van der Waals surface area contributed by atoms with Gasteiger partial charge in [0.25, 0.3) is 0 Å². The van der Waals surface area contributed by atoms with Crippen LogP contribution in [0.15, 0.2) is 194 Å². The predicted molar refractivity (Wildman–Crippen MR) is 284 cm³/mol. The van der Waals surface area contributed by atoms with E-state index in [0.717, 1.165) is 33.4 Å². The lowest BCUT2D eigenvalue weighted by molar-refractivity contribution is 1.07. The zero-order chi connectivity index (χ0) is 43.0. The maximum atomic E-state index is 5.63. The lowest BCUT2D eigenvalue weighted by atomic mass is 10.0. The van der Waals surface area contributed by atoms with E-state index in [-0.39, 0.29) is 0 Å². The van der Waals surface area contributed by atoms with Crippen molar-refractivity contribution in [1.82, 2.24) is 19.5 Å². The molecule has 0 atom stereocenters. The maximum absolute atomic E-state index is 5.63. The molecule has 5 heterocycles. The topological polar surface area (TPSA) is 43.6 Å². The summed E-state index contributed by atoms with van der Waals surface area (Å²) in [7, 11) is 0. The number of rotatable bonds is 4. The standard InChI is InChI=1S/C59H32N4S3/c1-2-15-35-32-47-45(31-34(35)14-1)37-17-5-8-22-46(37)63(47)54-44(30-29-39-38-28-27-33-13-3-4-16-36(33)55(38)66-56(39)54)59-61-57(42-20-11-25-50-52(42)40-18-6-9-23-48(40)64-50)60-58(62-59)43-21-12-26-51-53(43)41-19-7-10-24-49(41)65-51/h1-32H. The molecule has 0 aliphatic rings. The minimum absolute atomic E-state index is 0.633. The van der Waals surface area contributed by atoms with Gasteiger partial charge in [-0.25, -0.2) is 15.0 Å². The number of aromatic nitrogens is 4. The van der Waals surface area contributed by atoms with Crippen molar-refractivity contribution in [3.63, 3.8) is 0 Å². The van der Waals surface area contributed by atoms with Crippen molar-refractivity contribution in [1.29, 1.82) is 0 Å². The van der Waals surface area contributed by atoms with Gasteiger partial charge in [-0.1, -0.05) is 146 Å². The molecule has 0 N–H and O–H groups in total. The van der Waals surface area contributed by atoms with Crippen molar-refractivity contribution in [3.05, 3.63) is 194 Å².